The number of carbonyl (C=O) groups is 1. The van der Waals surface area contributed by atoms with E-state index in [1.54, 1.807) is 18.2 Å². The molecule has 0 aliphatic heterocycles. The third kappa shape index (κ3) is 2.35. The molecule has 1 aromatic heterocycles. The summed E-state index contributed by atoms with van der Waals surface area (Å²) in [5, 5.41) is 0.768. The first-order chi connectivity index (χ1) is 10.1. The van der Waals surface area contributed by atoms with Crippen molar-refractivity contribution in [3.8, 4) is 0 Å². The second kappa shape index (κ2) is 5.17. The summed E-state index contributed by atoms with van der Waals surface area (Å²) in [5.74, 6) is -0.269. The smallest absolute Gasteiger partial charge is 0.228 e. The molecule has 0 aliphatic carbocycles. The van der Waals surface area contributed by atoms with Crippen LogP contribution in [0, 0.1) is 12.7 Å². The Balaban J connectivity index is 2.06. The predicted molar refractivity (Wildman–Crippen MR) is 80.2 cm³/mol. The molecule has 21 heavy (non-hydrogen) atoms. The number of benzene rings is 2. The maximum atomic E-state index is 13.2. The number of aryl methyl sites for hydroxylation is 2. The Kier molecular flexibility index (Phi) is 3.34. The number of ketones is 1. The van der Waals surface area contributed by atoms with Gasteiger partial charge in [-0.05, 0) is 31.0 Å². The van der Waals surface area contributed by atoms with Gasteiger partial charge < -0.3 is 4.42 Å². The Labute approximate surface area is 122 Å². The second-order valence-corrected chi connectivity index (χ2v) is 5.08. The predicted octanol–water partition coefficient (Wildman–Crippen LogP) is 4.67. The van der Waals surface area contributed by atoms with Gasteiger partial charge in [0.1, 0.15) is 11.4 Å². The Morgan fingerprint density at radius 1 is 1.14 bits per heavy atom. The van der Waals surface area contributed by atoms with Crippen molar-refractivity contribution < 1.29 is 13.6 Å². The van der Waals surface area contributed by atoms with Crippen LogP contribution in [0.5, 0.6) is 0 Å². The first kappa shape index (κ1) is 13.6. The van der Waals surface area contributed by atoms with E-state index in [9.17, 15) is 9.18 Å². The van der Waals surface area contributed by atoms with Gasteiger partial charge in [-0.25, -0.2) is 4.39 Å². The molecule has 106 valence electrons. The number of carbonyl (C=O) groups excluding carboxylic acids is 1. The lowest BCUT2D eigenvalue weighted by molar-refractivity contribution is 0.101. The number of furan rings is 1. The summed E-state index contributed by atoms with van der Waals surface area (Å²) >= 11 is 0. The Hall–Kier alpha value is -2.42. The zero-order chi connectivity index (χ0) is 15.0. The van der Waals surface area contributed by atoms with E-state index >= 15 is 0 Å². The Morgan fingerprint density at radius 3 is 2.52 bits per heavy atom. The van der Waals surface area contributed by atoms with Gasteiger partial charge in [0.25, 0.3) is 0 Å². The summed E-state index contributed by atoms with van der Waals surface area (Å²) in [5.41, 5.74) is 2.90. The number of hydrogen-bond donors (Lipinski definition) is 0. The van der Waals surface area contributed by atoms with E-state index < -0.39 is 0 Å². The van der Waals surface area contributed by atoms with Crippen LogP contribution in [-0.2, 0) is 6.42 Å². The van der Waals surface area contributed by atoms with Gasteiger partial charge in [-0.2, -0.15) is 0 Å². The molecule has 0 atom stereocenters. The van der Waals surface area contributed by atoms with Gasteiger partial charge in [-0.1, -0.05) is 31.2 Å². The minimum Gasteiger partial charge on any atom is -0.452 e. The highest BCUT2D eigenvalue weighted by atomic mass is 19.1. The van der Waals surface area contributed by atoms with E-state index in [1.165, 1.54) is 17.7 Å². The highest BCUT2D eigenvalue weighted by molar-refractivity contribution is 6.10. The van der Waals surface area contributed by atoms with Crippen LogP contribution in [0.25, 0.3) is 11.0 Å². The van der Waals surface area contributed by atoms with E-state index in [0.29, 0.717) is 11.1 Å². The molecule has 0 aliphatic rings. The molecule has 3 aromatic rings. The van der Waals surface area contributed by atoms with Crippen molar-refractivity contribution in [3.63, 3.8) is 0 Å². The lowest BCUT2D eigenvalue weighted by atomic mass is 10.0. The van der Waals surface area contributed by atoms with Crippen molar-refractivity contribution in [2.75, 3.05) is 0 Å². The SMILES string of the molecule is CCc1ccc(C(=O)c2oc3cc(F)ccc3c2C)cc1. The van der Waals surface area contributed by atoms with Gasteiger partial charge in [0.05, 0.1) is 0 Å². The van der Waals surface area contributed by atoms with E-state index in [0.717, 1.165) is 17.4 Å². The van der Waals surface area contributed by atoms with E-state index in [-0.39, 0.29) is 17.4 Å². The third-order valence-corrected chi connectivity index (χ3v) is 3.73. The summed E-state index contributed by atoms with van der Waals surface area (Å²) in [6.45, 7) is 3.88. The molecule has 0 unspecified atom stereocenters. The van der Waals surface area contributed by atoms with Crippen LogP contribution in [0.2, 0.25) is 0 Å². The maximum Gasteiger partial charge on any atom is 0.228 e. The molecule has 2 aromatic carbocycles. The van der Waals surface area contributed by atoms with Crippen LogP contribution < -0.4 is 0 Å². The topological polar surface area (TPSA) is 30.2 Å². The lowest BCUT2D eigenvalue weighted by Gasteiger charge is -2.01. The zero-order valence-electron chi connectivity index (χ0n) is 11.9. The number of rotatable bonds is 3. The first-order valence-electron chi connectivity index (χ1n) is 6.92. The van der Waals surface area contributed by atoms with Gasteiger partial charge in [-0.3, -0.25) is 4.79 Å². The van der Waals surface area contributed by atoms with Gasteiger partial charge in [0.15, 0.2) is 5.76 Å². The molecule has 3 heteroatoms. The Bertz CT molecular complexity index is 813. The fourth-order valence-electron chi connectivity index (χ4n) is 2.44. The highest BCUT2D eigenvalue weighted by Gasteiger charge is 2.19. The van der Waals surface area contributed by atoms with Gasteiger partial charge in [0.2, 0.25) is 5.78 Å². The highest BCUT2D eigenvalue weighted by Crippen LogP contribution is 2.27. The fraction of sp³-hybridized carbons (Fsp3) is 0.167. The molecule has 0 fully saturated rings. The summed E-state index contributed by atoms with van der Waals surface area (Å²) in [6.07, 6.45) is 0.928. The Morgan fingerprint density at radius 2 is 1.86 bits per heavy atom. The van der Waals surface area contributed by atoms with E-state index in [1.807, 2.05) is 19.1 Å². The minimum atomic E-state index is -0.373. The molecule has 0 amide bonds. The first-order valence-corrected chi connectivity index (χ1v) is 6.92. The molecular weight excluding hydrogens is 267 g/mol. The third-order valence-electron chi connectivity index (χ3n) is 3.73. The monoisotopic (exact) mass is 282 g/mol. The van der Waals surface area contributed by atoms with Gasteiger partial charge in [-0.15, -0.1) is 0 Å². The molecule has 3 rings (SSSR count). The van der Waals surface area contributed by atoms with Crippen LogP contribution in [0.3, 0.4) is 0 Å². The van der Waals surface area contributed by atoms with Crippen LogP contribution in [0.1, 0.15) is 34.2 Å². The van der Waals surface area contributed by atoms with Gasteiger partial charge in [0, 0.05) is 22.6 Å². The molecule has 0 saturated carbocycles. The molecule has 0 N–H and O–H groups in total. The molecule has 0 spiro atoms. The maximum absolute atomic E-state index is 13.2. The van der Waals surface area contributed by atoms with Crippen molar-refractivity contribution >= 4 is 16.8 Å². The van der Waals surface area contributed by atoms with Crippen molar-refractivity contribution in [1.29, 1.82) is 0 Å². The van der Waals surface area contributed by atoms with E-state index in [4.69, 9.17) is 4.42 Å². The molecule has 0 radical (unpaired) electrons. The van der Waals surface area contributed by atoms with Crippen LogP contribution in [0.15, 0.2) is 46.9 Å². The number of hydrogen-bond acceptors (Lipinski definition) is 2. The zero-order valence-corrected chi connectivity index (χ0v) is 11.9. The average molecular weight is 282 g/mol. The van der Waals surface area contributed by atoms with Crippen LogP contribution >= 0.6 is 0 Å². The fourth-order valence-corrected chi connectivity index (χ4v) is 2.44. The summed E-state index contributed by atoms with van der Waals surface area (Å²) in [6, 6.07) is 11.8. The average Bonchev–Trinajstić information content (AvgIpc) is 2.83. The summed E-state index contributed by atoms with van der Waals surface area (Å²) in [4.78, 5) is 12.5. The molecule has 0 bridgehead atoms. The molecule has 2 nitrogen and oxygen atoms in total. The van der Waals surface area contributed by atoms with E-state index in [2.05, 4.69) is 6.92 Å². The summed E-state index contributed by atoms with van der Waals surface area (Å²) < 4.78 is 18.8. The molecule has 0 saturated heterocycles. The van der Waals surface area contributed by atoms with Crippen LogP contribution in [0.4, 0.5) is 4.39 Å². The van der Waals surface area contributed by atoms with Crippen molar-refractivity contribution in [2.45, 2.75) is 20.3 Å². The quantitative estimate of drug-likeness (QED) is 0.653. The summed E-state index contributed by atoms with van der Waals surface area (Å²) in [7, 11) is 0. The number of halogens is 1. The standard InChI is InChI=1S/C18H15FO2/c1-3-12-4-6-13(7-5-12)17(20)18-11(2)15-9-8-14(19)10-16(15)21-18/h4-10H,3H2,1-2H3. The van der Waals surface area contributed by atoms with Gasteiger partial charge >= 0.3 is 0 Å². The largest absolute Gasteiger partial charge is 0.452 e. The van der Waals surface area contributed by atoms with Crippen molar-refractivity contribution in [1.82, 2.24) is 0 Å². The second-order valence-electron chi connectivity index (χ2n) is 5.08. The normalized spacial score (nSPS) is 11.0. The van der Waals surface area contributed by atoms with Crippen molar-refractivity contribution in [2.24, 2.45) is 0 Å². The molecular formula is C18H15FO2. The minimum absolute atomic E-state index is 0.174. The van der Waals surface area contributed by atoms with Crippen LogP contribution in [-0.4, -0.2) is 5.78 Å². The lowest BCUT2D eigenvalue weighted by Crippen LogP contribution is -2.01. The number of fused-ring (bicyclic) bond motifs is 1. The van der Waals surface area contributed by atoms with Crippen molar-refractivity contribution in [3.05, 3.63) is 70.7 Å². The molecule has 1 heterocycles.